The molecule has 2 saturated heterocycles. The van der Waals surface area contributed by atoms with Crippen LogP contribution < -0.4 is 9.80 Å². The Bertz CT molecular complexity index is 612. The number of furan rings is 1. The summed E-state index contributed by atoms with van der Waals surface area (Å²) < 4.78 is 5.62. The van der Waals surface area contributed by atoms with Crippen molar-refractivity contribution in [1.82, 2.24) is 9.97 Å². The van der Waals surface area contributed by atoms with Crippen LogP contribution in [0.5, 0.6) is 0 Å². The van der Waals surface area contributed by atoms with Crippen LogP contribution in [0.1, 0.15) is 24.6 Å². The number of hydrogen-bond acceptors (Lipinski definition) is 6. The topological polar surface area (TPSA) is 45.4 Å². The van der Waals surface area contributed by atoms with Crippen molar-refractivity contribution in [2.75, 3.05) is 40.9 Å². The molecule has 2 aromatic heterocycles. The van der Waals surface area contributed by atoms with Gasteiger partial charge in [-0.1, -0.05) is 0 Å². The van der Waals surface area contributed by atoms with Crippen molar-refractivity contribution in [3.8, 4) is 0 Å². The van der Waals surface area contributed by atoms with E-state index < -0.39 is 0 Å². The summed E-state index contributed by atoms with van der Waals surface area (Å²) in [5.74, 6) is 5.46. The SMILES string of the molecule is c1coc([C@H]2CCCN2c2cc(N3CCSCC3)ncn2)c1. The second-order valence-corrected chi connectivity index (χ2v) is 6.93. The Kier molecular flexibility index (Phi) is 3.93. The molecule has 0 N–H and O–H groups in total. The zero-order chi connectivity index (χ0) is 14.8. The van der Waals surface area contributed by atoms with Crippen LogP contribution in [0.25, 0.3) is 0 Å². The van der Waals surface area contributed by atoms with E-state index in [9.17, 15) is 0 Å². The van der Waals surface area contributed by atoms with Gasteiger partial charge in [-0.15, -0.1) is 0 Å². The lowest BCUT2D eigenvalue weighted by atomic mass is 10.1. The van der Waals surface area contributed by atoms with Gasteiger partial charge in [0, 0.05) is 37.2 Å². The van der Waals surface area contributed by atoms with Gasteiger partial charge in [0.15, 0.2) is 0 Å². The maximum absolute atomic E-state index is 5.62. The Hall–Kier alpha value is -1.69. The predicted octanol–water partition coefficient (Wildman–Crippen LogP) is 2.96. The molecule has 0 unspecified atom stereocenters. The van der Waals surface area contributed by atoms with E-state index in [2.05, 4.69) is 31.9 Å². The Balaban J connectivity index is 1.59. The van der Waals surface area contributed by atoms with E-state index in [1.807, 2.05) is 17.8 Å². The molecular formula is C16H20N4OS. The highest BCUT2D eigenvalue weighted by atomic mass is 32.2. The summed E-state index contributed by atoms with van der Waals surface area (Å²) in [6.07, 6.45) is 5.74. The summed E-state index contributed by atoms with van der Waals surface area (Å²) in [6, 6.07) is 6.46. The van der Waals surface area contributed by atoms with Gasteiger partial charge in [-0.2, -0.15) is 11.8 Å². The maximum atomic E-state index is 5.62. The molecule has 2 aromatic rings. The van der Waals surface area contributed by atoms with Crippen LogP contribution in [0.2, 0.25) is 0 Å². The molecule has 0 spiro atoms. The molecule has 0 amide bonds. The van der Waals surface area contributed by atoms with Gasteiger partial charge in [0.05, 0.1) is 12.3 Å². The third-order valence-corrected chi connectivity index (χ3v) is 5.33. The monoisotopic (exact) mass is 316 g/mol. The number of rotatable bonds is 3. The Morgan fingerprint density at radius 3 is 2.82 bits per heavy atom. The van der Waals surface area contributed by atoms with Crippen LogP contribution in [0.15, 0.2) is 35.2 Å². The molecule has 0 radical (unpaired) electrons. The zero-order valence-corrected chi connectivity index (χ0v) is 13.3. The quantitative estimate of drug-likeness (QED) is 0.867. The van der Waals surface area contributed by atoms with Crippen molar-refractivity contribution in [3.63, 3.8) is 0 Å². The minimum Gasteiger partial charge on any atom is -0.467 e. The molecule has 0 aliphatic carbocycles. The van der Waals surface area contributed by atoms with E-state index in [-0.39, 0.29) is 0 Å². The molecular weight excluding hydrogens is 296 g/mol. The minimum absolute atomic E-state index is 0.301. The normalized spacial score (nSPS) is 22.3. The standard InChI is InChI=1S/C16H20N4OS/c1-3-13(14-4-2-8-21-14)20(5-1)16-11-15(17-12-18-16)19-6-9-22-10-7-19/h2,4,8,11-13H,1,3,5-7,9-10H2/t13-/m1/s1. The average molecular weight is 316 g/mol. The van der Waals surface area contributed by atoms with Crippen LogP contribution in [0.3, 0.4) is 0 Å². The molecule has 4 rings (SSSR count). The van der Waals surface area contributed by atoms with Gasteiger partial charge in [-0.25, -0.2) is 9.97 Å². The maximum Gasteiger partial charge on any atom is 0.134 e. The summed E-state index contributed by atoms with van der Waals surface area (Å²) in [4.78, 5) is 13.7. The largest absolute Gasteiger partial charge is 0.467 e. The molecule has 2 aliphatic heterocycles. The van der Waals surface area contributed by atoms with Gasteiger partial charge in [-0.05, 0) is 25.0 Å². The van der Waals surface area contributed by atoms with E-state index in [0.717, 1.165) is 43.5 Å². The second kappa shape index (κ2) is 6.20. The highest BCUT2D eigenvalue weighted by molar-refractivity contribution is 7.99. The molecule has 6 heteroatoms. The highest BCUT2D eigenvalue weighted by Crippen LogP contribution is 2.36. The molecule has 4 heterocycles. The zero-order valence-electron chi connectivity index (χ0n) is 12.5. The number of thioether (sulfide) groups is 1. The van der Waals surface area contributed by atoms with E-state index in [1.165, 1.54) is 17.9 Å². The summed E-state index contributed by atoms with van der Waals surface area (Å²) >= 11 is 2.01. The molecule has 2 fully saturated rings. The van der Waals surface area contributed by atoms with Crippen LogP contribution in [0, 0.1) is 0 Å². The summed E-state index contributed by atoms with van der Waals surface area (Å²) in [6.45, 7) is 3.17. The molecule has 5 nitrogen and oxygen atoms in total. The molecule has 1 atom stereocenters. The lowest BCUT2D eigenvalue weighted by Crippen LogP contribution is -2.33. The predicted molar refractivity (Wildman–Crippen MR) is 89.6 cm³/mol. The molecule has 0 saturated carbocycles. The second-order valence-electron chi connectivity index (χ2n) is 5.70. The molecule has 22 heavy (non-hydrogen) atoms. The minimum atomic E-state index is 0.301. The Labute approximate surface area is 134 Å². The van der Waals surface area contributed by atoms with Crippen molar-refractivity contribution in [2.24, 2.45) is 0 Å². The lowest BCUT2D eigenvalue weighted by Gasteiger charge is -2.29. The number of nitrogens with zero attached hydrogens (tertiary/aromatic N) is 4. The van der Waals surface area contributed by atoms with Gasteiger partial charge in [-0.3, -0.25) is 0 Å². The molecule has 2 aliphatic rings. The van der Waals surface area contributed by atoms with Crippen molar-refractivity contribution < 1.29 is 4.42 Å². The first kappa shape index (κ1) is 13.9. The third kappa shape index (κ3) is 2.67. The summed E-state index contributed by atoms with van der Waals surface area (Å²) in [5.41, 5.74) is 0. The third-order valence-electron chi connectivity index (χ3n) is 4.39. The fraction of sp³-hybridized carbons (Fsp3) is 0.500. The highest BCUT2D eigenvalue weighted by Gasteiger charge is 2.29. The van der Waals surface area contributed by atoms with E-state index in [1.54, 1.807) is 12.6 Å². The van der Waals surface area contributed by atoms with Crippen LogP contribution >= 0.6 is 11.8 Å². The van der Waals surface area contributed by atoms with Crippen LogP contribution in [-0.2, 0) is 0 Å². The van der Waals surface area contributed by atoms with Gasteiger partial charge in [0.1, 0.15) is 23.7 Å². The Morgan fingerprint density at radius 2 is 2.00 bits per heavy atom. The van der Waals surface area contributed by atoms with Gasteiger partial charge >= 0.3 is 0 Å². The van der Waals surface area contributed by atoms with Crippen molar-refractivity contribution in [1.29, 1.82) is 0 Å². The van der Waals surface area contributed by atoms with E-state index in [4.69, 9.17) is 4.42 Å². The van der Waals surface area contributed by atoms with Crippen LogP contribution in [0.4, 0.5) is 11.6 Å². The first-order valence-corrected chi connectivity index (χ1v) is 9.02. The van der Waals surface area contributed by atoms with Crippen LogP contribution in [-0.4, -0.2) is 41.1 Å². The fourth-order valence-electron chi connectivity index (χ4n) is 3.28. The van der Waals surface area contributed by atoms with Crippen molar-refractivity contribution in [3.05, 3.63) is 36.5 Å². The smallest absolute Gasteiger partial charge is 0.134 e. The molecule has 116 valence electrons. The number of aromatic nitrogens is 2. The Morgan fingerprint density at radius 1 is 1.14 bits per heavy atom. The van der Waals surface area contributed by atoms with Crippen molar-refractivity contribution >= 4 is 23.4 Å². The lowest BCUT2D eigenvalue weighted by molar-refractivity contribution is 0.464. The first-order chi connectivity index (χ1) is 10.9. The molecule has 0 aromatic carbocycles. The molecule has 0 bridgehead atoms. The van der Waals surface area contributed by atoms with E-state index >= 15 is 0 Å². The fourth-order valence-corrected chi connectivity index (χ4v) is 4.18. The first-order valence-electron chi connectivity index (χ1n) is 7.86. The van der Waals surface area contributed by atoms with Gasteiger partial charge in [0.2, 0.25) is 0 Å². The summed E-state index contributed by atoms with van der Waals surface area (Å²) in [7, 11) is 0. The average Bonchev–Trinajstić information content (AvgIpc) is 3.27. The summed E-state index contributed by atoms with van der Waals surface area (Å²) in [5, 5.41) is 0. The van der Waals surface area contributed by atoms with E-state index in [0.29, 0.717) is 6.04 Å². The van der Waals surface area contributed by atoms with Gasteiger partial charge < -0.3 is 14.2 Å². The van der Waals surface area contributed by atoms with Crippen molar-refractivity contribution in [2.45, 2.75) is 18.9 Å². The number of hydrogen-bond donors (Lipinski definition) is 0. The van der Waals surface area contributed by atoms with Gasteiger partial charge in [0.25, 0.3) is 0 Å². The number of anilines is 2.